The zero-order chi connectivity index (χ0) is 13.9. The third kappa shape index (κ3) is 3.35. The minimum Gasteiger partial charge on any atom is -0.369 e. The summed E-state index contributed by atoms with van der Waals surface area (Å²) in [5.41, 5.74) is 4.00. The number of nitrogens with two attached hydrogens (primary N) is 1. The van der Waals surface area contributed by atoms with Gasteiger partial charge in [-0.15, -0.1) is 0 Å². The molecule has 0 spiro atoms. The van der Waals surface area contributed by atoms with Crippen LogP contribution in [-0.4, -0.2) is 16.5 Å². The fourth-order valence-corrected chi connectivity index (χ4v) is 2.82. The van der Waals surface area contributed by atoms with Crippen LogP contribution in [0.4, 0.5) is 11.6 Å². The molecule has 4 N–H and O–H groups in total. The zero-order valence-corrected chi connectivity index (χ0v) is 12.2. The van der Waals surface area contributed by atoms with Crippen LogP contribution in [0.2, 0.25) is 0 Å². The molecule has 0 saturated heterocycles. The van der Waals surface area contributed by atoms with Crippen molar-refractivity contribution in [3.63, 3.8) is 0 Å². The van der Waals surface area contributed by atoms with E-state index >= 15 is 0 Å². The predicted molar refractivity (Wildman–Crippen MR) is 79.0 cm³/mol. The molecule has 0 atom stereocenters. The Morgan fingerprint density at radius 1 is 1.11 bits per heavy atom. The number of hydrogen-bond donors (Lipinski definition) is 3. The first-order valence-corrected chi connectivity index (χ1v) is 7.10. The Bertz CT molecular complexity index is 438. The molecule has 1 aliphatic rings. The minimum absolute atomic E-state index is 0.389. The average Bonchev–Trinajstić information content (AvgIpc) is 2.40. The Morgan fingerprint density at radius 2 is 1.74 bits per heavy atom. The Balaban J connectivity index is 2.08. The van der Waals surface area contributed by atoms with Crippen molar-refractivity contribution in [1.29, 1.82) is 0 Å². The molecule has 1 aliphatic carbocycles. The molecule has 0 radical (unpaired) electrons. The molecule has 1 aromatic heterocycles. The van der Waals surface area contributed by atoms with Crippen molar-refractivity contribution in [3.05, 3.63) is 11.4 Å². The van der Waals surface area contributed by atoms with Crippen LogP contribution in [0.15, 0.2) is 0 Å². The molecule has 5 nitrogen and oxygen atoms in total. The van der Waals surface area contributed by atoms with Gasteiger partial charge in [0.2, 0.25) is 0 Å². The van der Waals surface area contributed by atoms with Crippen molar-refractivity contribution in [2.45, 2.75) is 52.9 Å². The highest BCUT2D eigenvalue weighted by Gasteiger charge is 2.26. The van der Waals surface area contributed by atoms with E-state index in [9.17, 15) is 0 Å². The van der Waals surface area contributed by atoms with Crippen molar-refractivity contribution in [1.82, 2.24) is 9.97 Å². The van der Waals surface area contributed by atoms with Gasteiger partial charge in [-0.05, 0) is 32.1 Å². The van der Waals surface area contributed by atoms with E-state index < -0.39 is 0 Å². The summed E-state index contributed by atoms with van der Waals surface area (Å²) in [6, 6.07) is 0. The Labute approximate surface area is 115 Å². The summed E-state index contributed by atoms with van der Waals surface area (Å²) in [7, 11) is 0. The molecule has 2 rings (SSSR count). The van der Waals surface area contributed by atoms with Gasteiger partial charge in [-0.3, -0.25) is 0 Å². The second kappa shape index (κ2) is 5.74. The number of nitrogen functional groups attached to an aromatic ring is 1. The third-order valence-electron chi connectivity index (χ3n) is 4.14. The van der Waals surface area contributed by atoms with Gasteiger partial charge in [0.05, 0.1) is 0 Å². The number of nitrogens with one attached hydrogen (secondary N) is 2. The fourth-order valence-electron chi connectivity index (χ4n) is 2.82. The highest BCUT2D eigenvalue weighted by Crippen LogP contribution is 2.36. The van der Waals surface area contributed by atoms with Crippen molar-refractivity contribution >= 4 is 11.6 Å². The van der Waals surface area contributed by atoms with Crippen LogP contribution in [-0.2, 0) is 0 Å². The SMILES string of the molecule is Cc1nc(NN)c(C)c(NCC2(C)CCCCC2)n1. The molecule has 1 heterocycles. The number of nitrogens with zero attached hydrogens (tertiary/aromatic N) is 2. The van der Waals surface area contributed by atoms with Crippen LogP contribution < -0.4 is 16.6 Å². The standard InChI is InChI=1S/C14H25N5/c1-10-12(17-11(2)18-13(10)19-15)16-9-14(3)7-5-4-6-8-14/h4-9,15H2,1-3H3,(H2,16,17,18,19). The Morgan fingerprint density at radius 3 is 2.37 bits per heavy atom. The van der Waals surface area contributed by atoms with Gasteiger partial charge in [0.1, 0.15) is 17.5 Å². The first kappa shape index (κ1) is 14.1. The summed E-state index contributed by atoms with van der Waals surface area (Å²) >= 11 is 0. The smallest absolute Gasteiger partial charge is 0.148 e. The lowest BCUT2D eigenvalue weighted by molar-refractivity contribution is 0.233. The first-order valence-electron chi connectivity index (χ1n) is 7.10. The first-order chi connectivity index (χ1) is 9.04. The third-order valence-corrected chi connectivity index (χ3v) is 4.14. The van der Waals surface area contributed by atoms with Crippen LogP contribution in [0, 0.1) is 19.3 Å². The molecule has 1 saturated carbocycles. The number of rotatable bonds is 4. The van der Waals surface area contributed by atoms with E-state index in [0.717, 1.165) is 23.8 Å². The molecule has 0 unspecified atom stereocenters. The van der Waals surface area contributed by atoms with E-state index in [4.69, 9.17) is 5.84 Å². The van der Waals surface area contributed by atoms with Crippen molar-refractivity contribution < 1.29 is 0 Å². The van der Waals surface area contributed by atoms with Gasteiger partial charge < -0.3 is 10.7 Å². The van der Waals surface area contributed by atoms with Gasteiger partial charge >= 0.3 is 0 Å². The molecule has 0 aromatic carbocycles. The summed E-state index contributed by atoms with van der Waals surface area (Å²) in [5, 5.41) is 3.49. The van der Waals surface area contributed by atoms with Gasteiger partial charge in [0.25, 0.3) is 0 Å². The lowest BCUT2D eigenvalue weighted by Crippen LogP contribution is -2.29. The molecule has 0 amide bonds. The van der Waals surface area contributed by atoms with Gasteiger partial charge in [-0.1, -0.05) is 26.2 Å². The molecule has 19 heavy (non-hydrogen) atoms. The zero-order valence-electron chi connectivity index (χ0n) is 12.2. The van der Waals surface area contributed by atoms with Gasteiger partial charge in [-0.2, -0.15) is 0 Å². The van der Waals surface area contributed by atoms with Crippen LogP contribution in [0.5, 0.6) is 0 Å². The van der Waals surface area contributed by atoms with Crippen LogP contribution >= 0.6 is 0 Å². The summed E-state index contributed by atoms with van der Waals surface area (Å²) in [6.07, 6.45) is 6.66. The summed E-state index contributed by atoms with van der Waals surface area (Å²) in [4.78, 5) is 8.76. The average molecular weight is 263 g/mol. The fraction of sp³-hybridized carbons (Fsp3) is 0.714. The molecule has 0 aliphatic heterocycles. The maximum atomic E-state index is 5.49. The number of hydrogen-bond acceptors (Lipinski definition) is 5. The summed E-state index contributed by atoms with van der Waals surface area (Å²) in [5.74, 6) is 7.81. The van der Waals surface area contributed by atoms with Crippen LogP contribution in [0.3, 0.4) is 0 Å². The maximum absolute atomic E-state index is 5.49. The topological polar surface area (TPSA) is 75.9 Å². The van der Waals surface area contributed by atoms with Crippen LogP contribution in [0.25, 0.3) is 0 Å². The van der Waals surface area contributed by atoms with Gasteiger partial charge in [-0.25, -0.2) is 15.8 Å². The van der Waals surface area contributed by atoms with E-state index in [1.54, 1.807) is 0 Å². The summed E-state index contributed by atoms with van der Waals surface area (Å²) in [6.45, 7) is 7.20. The molecule has 0 bridgehead atoms. The predicted octanol–water partition coefficient (Wildman–Crippen LogP) is 2.76. The normalized spacial score (nSPS) is 18.1. The van der Waals surface area contributed by atoms with Crippen molar-refractivity contribution in [2.24, 2.45) is 11.3 Å². The van der Waals surface area contributed by atoms with E-state index in [1.807, 2.05) is 13.8 Å². The van der Waals surface area contributed by atoms with Crippen molar-refractivity contribution in [2.75, 3.05) is 17.3 Å². The van der Waals surface area contributed by atoms with E-state index in [1.165, 1.54) is 32.1 Å². The number of aromatic nitrogens is 2. The summed E-state index contributed by atoms with van der Waals surface area (Å²) < 4.78 is 0. The van der Waals surface area contributed by atoms with Gasteiger partial charge in [0, 0.05) is 12.1 Å². The van der Waals surface area contributed by atoms with Crippen LogP contribution in [0.1, 0.15) is 50.4 Å². The highest BCUT2D eigenvalue weighted by atomic mass is 15.3. The van der Waals surface area contributed by atoms with E-state index in [0.29, 0.717) is 11.2 Å². The maximum Gasteiger partial charge on any atom is 0.148 e. The Kier molecular flexibility index (Phi) is 4.24. The molecular formula is C14H25N5. The molecular weight excluding hydrogens is 238 g/mol. The number of hydrazine groups is 1. The van der Waals surface area contributed by atoms with E-state index in [-0.39, 0.29) is 0 Å². The van der Waals surface area contributed by atoms with Crippen molar-refractivity contribution in [3.8, 4) is 0 Å². The lowest BCUT2D eigenvalue weighted by Gasteiger charge is -2.34. The number of aryl methyl sites for hydroxylation is 1. The molecule has 106 valence electrons. The molecule has 1 aromatic rings. The largest absolute Gasteiger partial charge is 0.369 e. The minimum atomic E-state index is 0.389. The number of anilines is 2. The molecule has 5 heteroatoms. The highest BCUT2D eigenvalue weighted by molar-refractivity contribution is 5.56. The monoisotopic (exact) mass is 263 g/mol. The second-order valence-electron chi connectivity index (χ2n) is 5.96. The van der Waals surface area contributed by atoms with E-state index in [2.05, 4.69) is 27.6 Å². The quantitative estimate of drug-likeness (QED) is 0.575. The second-order valence-corrected chi connectivity index (χ2v) is 5.96. The van der Waals surface area contributed by atoms with Gasteiger partial charge in [0.15, 0.2) is 0 Å². The lowest BCUT2D eigenvalue weighted by atomic mass is 9.76. The Hall–Kier alpha value is -1.36. The molecule has 1 fully saturated rings.